The predicted molar refractivity (Wildman–Crippen MR) is 138 cm³/mol. The third-order valence-electron chi connectivity index (χ3n) is 6.83. The summed E-state index contributed by atoms with van der Waals surface area (Å²) < 4.78 is 2.13. The molecule has 0 radical (unpaired) electrons. The Balaban J connectivity index is 1.66. The van der Waals surface area contributed by atoms with E-state index in [9.17, 15) is 0 Å². The third kappa shape index (κ3) is 4.37. The molecule has 0 amide bonds. The van der Waals surface area contributed by atoms with Gasteiger partial charge >= 0.3 is 0 Å². The van der Waals surface area contributed by atoms with E-state index in [1.807, 2.05) is 19.1 Å². The first kappa shape index (κ1) is 22.0. The van der Waals surface area contributed by atoms with Gasteiger partial charge in [-0.3, -0.25) is 0 Å². The maximum Gasteiger partial charge on any atom is 0.150 e. The molecule has 5 rings (SSSR count). The van der Waals surface area contributed by atoms with Crippen LogP contribution >= 0.6 is 11.6 Å². The van der Waals surface area contributed by atoms with Gasteiger partial charge in [-0.1, -0.05) is 68.8 Å². The average Bonchev–Trinajstić information content (AvgIpc) is 3.16. The number of aryl methyl sites for hydroxylation is 1. The highest BCUT2D eigenvalue weighted by Gasteiger charge is 2.32. The van der Waals surface area contributed by atoms with Crippen molar-refractivity contribution in [2.24, 2.45) is 11.3 Å². The molecule has 0 saturated heterocycles. The smallest absolute Gasteiger partial charge is 0.150 e. The third-order valence-corrected chi connectivity index (χ3v) is 7.24. The van der Waals surface area contributed by atoms with Crippen molar-refractivity contribution in [3.63, 3.8) is 0 Å². The molecular weight excluding hydrogens is 428 g/mol. The van der Waals surface area contributed by atoms with E-state index in [-0.39, 0.29) is 0 Å². The number of rotatable bonds is 4. The highest BCUT2D eigenvalue weighted by atomic mass is 35.5. The normalized spacial score (nSPS) is 20.2. The van der Waals surface area contributed by atoms with E-state index in [0.717, 1.165) is 57.1 Å². The minimum atomic E-state index is 0.328. The van der Waals surface area contributed by atoms with E-state index in [0.29, 0.717) is 17.4 Å². The minimum Gasteiger partial charge on any atom is -0.367 e. The fourth-order valence-corrected chi connectivity index (χ4v) is 5.76. The maximum atomic E-state index is 6.48. The quantitative estimate of drug-likeness (QED) is 0.341. The van der Waals surface area contributed by atoms with E-state index >= 15 is 0 Å². The number of hydrogen-bond acceptors (Lipinski definition) is 3. The summed E-state index contributed by atoms with van der Waals surface area (Å²) in [7, 11) is 0. The van der Waals surface area contributed by atoms with Crippen LogP contribution in [0.2, 0.25) is 5.02 Å². The van der Waals surface area contributed by atoms with E-state index in [2.05, 4.69) is 73.3 Å². The molecule has 0 spiro atoms. The number of nitrogens with zero attached hydrogens (tertiary/aromatic N) is 3. The molecule has 2 aromatic heterocycles. The predicted octanol–water partition coefficient (Wildman–Crippen LogP) is 7.68. The fourth-order valence-electron chi connectivity index (χ4n) is 5.59. The molecule has 33 heavy (non-hydrogen) atoms. The van der Waals surface area contributed by atoms with Crippen LogP contribution < -0.4 is 5.32 Å². The summed E-state index contributed by atoms with van der Waals surface area (Å²) in [5.74, 6) is 1.60. The minimum absolute atomic E-state index is 0.328. The first-order valence-corrected chi connectivity index (χ1v) is 12.1. The molecule has 1 aliphatic carbocycles. The lowest BCUT2D eigenvalue weighted by Gasteiger charge is -2.39. The van der Waals surface area contributed by atoms with E-state index in [1.165, 1.54) is 6.42 Å². The largest absolute Gasteiger partial charge is 0.367 e. The second-order valence-corrected chi connectivity index (χ2v) is 10.8. The Morgan fingerprint density at radius 3 is 2.58 bits per heavy atom. The first-order chi connectivity index (χ1) is 15.8. The number of benzene rings is 2. The van der Waals surface area contributed by atoms with Gasteiger partial charge in [0.15, 0.2) is 5.65 Å². The van der Waals surface area contributed by atoms with Crippen molar-refractivity contribution in [1.29, 1.82) is 0 Å². The van der Waals surface area contributed by atoms with Crippen molar-refractivity contribution in [1.82, 2.24) is 14.5 Å². The van der Waals surface area contributed by atoms with Gasteiger partial charge in [0.2, 0.25) is 0 Å². The SMILES string of the molecule is Cc1ccc(-n2cc(-c3ccccc3)c3c(N[C@H]4C[C@H](C)CC(C)(C)C4)ncnc32)cc1Cl. The summed E-state index contributed by atoms with van der Waals surface area (Å²) in [5.41, 5.74) is 5.53. The van der Waals surface area contributed by atoms with E-state index in [1.54, 1.807) is 6.33 Å². The molecule has 5 heteroatoms. The number of hydrogen-bond donors (Lipinski definition) is 1. The van der Waals surface area contributed by atoms with Crippen LogP contribution in [0, 0.1) is 18.3 Å². The highest BCUT2D eigenvalue weighted by Crippen LogP contribution is 2.41. The summed E-state index contributed by atoms with van der Waals surface area (Å²) >= 11 is 6.48. The second-order valence-electron chi connectivity index (χ2n) is 10.4. The van der Waals surface area contributed by atoms with Gasteiger partial charge in [-0.25, -0.2) is 9.97 Å². The topological polar surface area (TPSA) is 42.7 Å². The number of fused-ring (bicyclic) bond motifs is 1. The zero-order valence-corrected chi connectivity index (χ0v) is 20.5. The highest BCUT2D eigenvalue weighted by molar-refractivity contribution is 6.31. The van der Waals surface area contributed by atoms with Crippen molar-refractivity contribution in [2.45, 2.75) is 53.0 Å². The summed E-state index contributed by atoms with van der Waals surface area (Å²) in [6, 6.07) is 17.0. The number of anilines is 1. The molecule has 2 heterocycles. The molecule has 2 atom stereocenters. The molecule has 4 nitrogen and oxygen atoms in total. The Bertz CT molecular complexity index is 1290. The van der Waals surface area contributed by atoms with Gasteiger partial charge in [-0.05, 0) is 60.8 Å². The van der Waals surface area contributed by atoms with Gasteiger partial charge in [-0.15, -0.1) is 0 Å². The van der Waals surface area contributed by atoms with E-state index in [4.69, 9.17) is 21.6 Å². The summed E-state index contributed by atoms with van der Waals surface area (Å²) in [6.07, 6.45) is 7.39. The van der Waals surface area contributed by atoms with Gasteiger partial charge in [-0.2, -0.15) is 0 Å². The lowest BCUT2D eigenvalue weighted by molar-refractivity contribution is 0.178. The van der Waals surface area contributed by atoms with Gasteiger partial charge in [0, 0.05) is 28.5 Å². The lowest BCUT2D eigenvalue weighted by atomic mass is 9.70. The molecule has 1 fully saturated rings. The number of halogens is 1. The molecule has 0 aliphatic heterocycles. The van der Waals surface area contributed by atoms with Crippen LogP contribution in [-0.4, -0.2) is 20.6 Å². The van der Waals surface area contributed by atoms with Crippen LogP contribution in [0.1, 0.15) is 45.6 Å². The molecule has 1 aliphatic rings. The van der Waals surface area contributed by atoms with Gasteiger partial charge < -0.3 is 9.88 Å². The van der Waals surface area contributed by atoms with Crippen LogP contribution in [0.5, 0.6) is 0 Å². The Morgan fingerprint density at radius 2 is 1.85 bits per heavy atom. The Hall–Kier alpha value is -2.85. The Labute approximate surface area is 201 Å². The molecule has 0 unspecified atom stereocenters. The van der Waals surface area contributed by atoms with Crippen LogP contribution in [0.4, 0.5) is 5.82 Å². The van der Waals surface area contributed by atoms with Gasteiger partial charge in [0.25, 0.3) is 0 Å². The Kier molecular flexibility index (Phi) is 5.65. The molecule has 4 aromatic rings. The summed E-state index contributed by atoms with van der Waals surface area (Å²) in [6.45, 7) is 9.13. The van der Waals surface area contributed by atoms with Crippen LogP contribution in [0.15, 0.2) is 61.1 Å². The molecule has 170 valence electrons. The molecule has 0 bridgehead atoms. The molecule has 1 N–H and O–H groups in total. The fraction of sp³-hybridized carbons (Fsp3) is 0.357. The maximum absolute atomic E-state index is 6.48. The summed E-state index contributed by atoms with van der Waals surface area (Å²) in [5, 5.41) is 5.62. The molecule has 2 aromatic carbocycles. The zero-order chi connectivity index (χ0) is 23.2. The van der Waals surface area contributed by atoms with Crippen molar-refractivity contribution in [3.05, 3.63) is 71.6 Å². The average molecular weight is 459 g/mol. The van der Waals surface area contributed by atoms with Gasteiger partial charge in [0.1, 0.15) is 12.1 Å². The van der Waals surface area contributed by atoms with Gasteiger partial charge in [0.05, 0.1) is 5.39 Å². The number of aromatic nitrogens is 3. The monoisotopic (exact) mass is 458 g/mol. The van der Waals surface area contributed by atoms with Crippen LogP contribution in [0.3, 0.4) is 0 Å². The first-order valence-electron chi connectivity index (χ1n) is 11.8. The van der Waals surface area contributed by atoms with Crippen molar-refractivity contribution >= 4 is 28.5 Å². The standard InChI is InChI=1S/C28H31ClN4/c1-18-12-21(15-28(3,4)14-18)32-26-25-23(20-8-6-5-7-9-20)16-33(27(25)31-17-30-26)22-11-10-19(2)24(29)13-22/h5-11,13,16-18,21H,12,14-15H2,1-4H3,(H,30,31,32)/t18-,21-/m0/s1. The van der Waals surface area contributed by atoms with Crippen LogP contribution in [0.25, 0.3) is 27.8 Å². The molecule has 1 saturated carbocycles. The van der Waals surface area contributed by atoms with E-state index < -0.39 is 0 Å². The van der Waals surface area contributed by atoms with Crippen molar-refractivity contribution < 1.29 is 0 Å². The lowest BCUT2D eigenvalue weighted by Crippen LogP contribution is -2.35. The summed E-state index contributed by atoms with van der Waals surface area (Å²) in [4.78, 5) is 9.46. The second kappa shape index (κ2) is 8.49. The molecular formula is C28H31ClN4. The van der Waals surface area contributed by atoms with Crippen molar-refractivity contribution in [3.8, 4) is 16.8 Å². The van der Waals surface area contributed by atoms with Crippen molar-refractivity contribution in [2.75, 3.05) is 5.32 Å². The van der Waals surface area contributed by atoms with Crippen LogP contribution in [-0.2, 0) is 0 Å². The Morgan fingerprint density at radius 1 is 1.06 bits per heavy atom. The number of nitrogens with one attached hydrogen (secondary N) is 1. The zero-order valence-electron chi connectivity index (χ0n) is 19.8.